The van der Waals surface area contributed by atoms with Crippen LogP contribution in [0.25, 0.3) is 16.6 Å². The number of aromatic nitrogens is 3. The lowest BCUT2D eigenvalue weighted by atomic mass is 10.2. The summed E-state index contributed by atoms with van der Waals surface area (Å²) in [5, 5.41) is 4.89. The second-order valence-corrected chi connectivity index (χ2v) is 6.00. The lowest BCUT2D eigenvalue weighted by Crippen LogP contribution is -2.32. The number of benzene rings is 1. The first-order valence-corrected chi connectivity index (χ1v) is 8.04. The maximum atomic E-state index is 12.8. The number of fused-ring (bicyclic) bond motifs is 3. The molecule has 0 unspecified atom stereocenters. The topological polar surface area (TPSA) is 70.5 Å². The van der Waals surface area contributed by atoms with Crippen molar-refractivity contribution in [3.05, 3.63) is 46.4 Å². The molecule has 0 bridgehead atoms. The molecule has 0 atom stereocenters. The monoisotopic (exact) mass is 310 g/mol. The van der Waals surface area contributed by atoms with E-state index in [1.54, 1.807) is 16.8 Å². The fourth-order valence-electron chi connectivity index (χ4n) is 3.28. The van der Waals surface area contributed by atoms with E-state index in [4.69, 9.17) is 0 Å². The Hall–Kier alpha value is -2.63. The van der Waals surface area contributed by atoms with Gasteiger partial charge in [0.15, 0.2) is 0 Å². The molecule has 1 aliphatic heterocycles. The Bertz CT molecular complexity index is 933. The van der Waals surface area contributed by atoms with Crippen LogP contribution in [-0.2, 0) is 0 Å². The number of carbonyl (C=O) groups is 1. The maximum absolute atomic E-state index is 12.8. The number of para-hydroxylation sites is 1. The quantitative estimate of drug-likeness (QED) is 0.749. The average molecular weight is 310 g/mol. The minimum absolute atomic E-state index is 0.0483. The van der Waals surface area contributed by atoms with Gasteiger partial charge in [-0.1, -0.05) is 25.0 Å². The van der Waals surface area contributed by atoms with E-state index in [2.05, 4.69) is 10.1 Å². The van der Waals surface area contributed by atoms with E-state index >= 15 is 0 Å². The van der Waals surface area contributed by atoms with E-state index in [0.29, 0.717) is 22.1 Å². The van der Waals surface area contributed by atoms with Crippen LogP contribution >= 0.6 is 0 Å². The second kappa shape index (κ2) is 5.53. The van der Waals surface area contributed by atoms with Crippen LogP contribution < -0.4 is 5.56 Å². The van der Waals surface area contributed by atoms with E-state index in [1.165, 1.54) is 12.8 Å². The molecule has 23 heavy (non-hydrogen) atoms. The molecule has 0 spiro atoms. The van der Waals surface area contributed by atoms with Crippen LogP contribution in [0.4, 0.5) is 0 Å². The first kappa shape index (κ1) is 14.0. The Balaban J connectivity index is 1.85. The Kier molecular flexibility index (Phi) is 3.37. The molecule has 118 valence electrons. The highest BCUT2D eigenvalue weighted by Gasteiger charge is 2.22. The summed E-state index contributed by atoms with van der Waals surface area (Å²) >= 11 is 0. The van der Waals surface area contributed by atoms with Crippen molar-refractivity contribution < 1.29 is 4.79 Å². The van der Waals surface area contributed by atoms with E-state index in [1.807, 2.05) is 23.1 Å². The molecular formula is C17H18N4O2. The molecule has 4 rings (SSSR count). The number of H-pyrrole nitrogens is 1. The zero-order valence-corrected chi connectivity index (χ0v) is 12.8. The molecule has 1 fully saturated rings. The number of hydrogen-bond donors (Lipinski definition) is 1. The van der Waals surface area contributed by atoms with Gasteiger partial charge >= 0.3 is 0 Å². The van der Waals surface area contributed by atoms with Gasteiger partial charge in [0.05, 0.1) is 17.1 Å². The Labute approximate surface area is 132 Å². The number of amides is 1. The van der Waals surface area contributed by atoms with Crippen LogP contribution in [0.15, 0.2) is 35.3 Å². The van der Waals surface area contributed by atoms with Crippen LogP contribution in [0.3, 0.4) is 0 Å². The molecule has 1 amide bonds. The zero-order valence-electron chi connectivity index (χ0n) is 12.8. The van der Waals surface area contributed by atoms with E-state index in [0.717, 1.165) is 25.9 Å². The van der Waals surface area contributed by atoms with E-state index in [9.17, 15) is 9.59 Å². The molecule has 0 aliphatic carbocycles. The molecule has 1 aliphatic rings. The van der Waals surface area contributed by atoms with Crippen molar-refractivity contribution in [2.45, 2.75) is 25.7 Å². The summed E-state index contributed by atoms with van der Waals surface area (Å²) in [7, 11) is 0. The first-order chi connectivity index (χ1) is 11.3. The van der Waals surface area contributed by atoms with Crippen molar-refractivity contribution in [2.24, 2.45) is 0 Å². The second-order valence-electron chi connectivity index (χ2n) is 6.00. The highest BCUT2D eigenvalue weighted by Crippen LogP contribution is 2.18. The van der Waals surface area contributed by atoms with Crippen molar-refractivity contribution in [1.29, 1.82) is 0 Å². The van der Waals surface area contributed by atoms with Crippen molar-refractivity contribution in [3.8, 4) is 0 Å². The molecule has 0 radical (unpaired) electrons. The van der Waals surface area contributed by atoms with E-state index in [-0.39, 0.29) is 11.5 Å². The Morgan fingerprint density at radius 3 is 2.61 bits per heavy atom. The predicted octanol–water partition coefficient (Wildman–Crippen LogP) is 2.19. The van der Waals surface area contributed by atoms with Gasteiger partial charge in [-0.2, -0.15) is 5.10 Å². The minimum atomic E-state index is -0.196. The summed E-state index contributed by atoms with van der Waals surface area (Å²) < 4.78 is 1.64. The average Bonchev–Trinajstić information content (AvgIpc) is 2.81. The van der Waals surface area contributed by atoms with Gasteiger partial charge in [-0.15, -0.1) is 0 Å². The molecule has 1 aromatic carbocycles. The predicted molar refractivity (Wildman–Crippen MR) is 87.7 cm³/mol. The summed E-state index contributed by atoms with van der Waals surface area (Å²) in [6.07, 6.45) is 5.96. The Morgan fingerprint density at radius 2 is 1.83 bits per heavy atom. The van der Waals surface area contributed by atoms with Crippen LogP contribution in [0.1, 0.15) is 36.0 Å². The smallest absolute Gasteiger partial charge is 0.259 e. The minimum Gasteiger partial charge on any atom is -0.338 e. The third-order valence-electron chi connectivity index (χ3n) is 4.50. The number of nitrogens with zero attached hydrogens (tertiary/aromatic N) is 3. The van der Waals surface area contributed by atoms with Gasteiger partial charge in [0.1, 0.15) is 11.2 Å². The van der Waals surface area contributed by atoms with E-state index < -0.39 is 0 Å². The first-order valence-electron chi connectivity index (χ1n) is 8.04. The van der Waals surface area contributed by atoms with Crippen molar-refractivity contribution in [1.82, 2.24) is 19.5 Å². The number of likely N-dealkylation sites (tertiary alicyclic amines) is 1. The third kappa shape index (κ3) is 2.30. The molecule has 2 aromatic heterocycles. The standard InChI is InChI=1S/C17H18N4O2/c22-16-12-7-3-4-8-14(12)21-15(19-16)13(11-18-21)17(23)20-9-5-1-2-6-10-20/h3-4,7-8,11H,1-2,5-6,9-10H2,(H,19,22). The lowest BCUT2D eigenvalue weighted by molar-refractivity contribution is 0.0763. The number of carbonyl (C=O) groups excluding carboxylic acids is 1. The van der Waals surface area contributed by atoms with Crippen LogP contribution in [0.5, 0.6) is 0 Å². The Morgan fingerprint density at radius 1 is 1.09 bits per heavy atom. The molecule has 6 heteroatoms. The fraction of sp³-hybridized carbons (Fsp3) is 0.353. The van der Waals surface area contributed by atoms with Gasteiger partial charge in [0.25, 0.3) is 11.5 Å². The van der Waals surface area contributed by atoms with Gasteiger partial charge in [0, 0.05) is 13.1 Å². The molecule has 0 saturated carbocycles. The summed E-state index contributed by atoms with van der Waals surface area (Å²) in [6.45, 7) is 1.54. The maximum Gasteiger partial charge on any atom is 0.259 e. The zero-order chi connectivity index (χ0) is 15.8. The van der Waals surface area contributed by atoms with Crippen LogP contribution in [0, 0.1) is 0 Å². The highest BCUT2D eigenvalue weighted by molar-refractivity contribution is 6.00. The highest BCUT2D eigenvalue weighted by atomic mass is 16.2. The number of hydrogen-bond acceptors (Lipinski definition) is 3. The molecule has 3 heterocycles. The van der Waals surface area contributed by atoms with Gasteiger partial charge in [-0.25, -0.2) is 4.52 Å². The van der Waals surface area contributed by atoms with Crippen molar-refractivity contribution >= 4 is 22.5 Å². The third-order valence-corrected chi connectivity index (χ3v) is 4.50. The number of nitrogens with one attached hydrogen (secondary N) is 1. The van der Waals surface area contributed by atoms with Gasteiger partial charge in [0.2, 0.25) is 0 Å². The van der Waals surface area contributed by atoms with Gasteiger partial charge in [-0.05, 0) is 25.0 Å². The summed E-state index contributed by atoms with van der Waals surface area (Å²) in [6, 6.07) is 7.27. The fourth-order valence-corrected chi connectivity index (χ4v) is 3.28. The SMILES string of the molecule is O=C(c1cnn2c1[nH]c(=O)c1ccccc12)N1CCCCCC1. The molecule has 1 saturated heterocycles. The number of aromatic amines is 1. The molecular weight excluding hydrogens is 292 g/mol. The van der Waals surface area contributed by atoms with Crippen molar-refractivity contribution in [2.75, 3.05) is 13.1 Å². The largest absolute Gasteiger partial charge is 0.338 e. The van der Waals surface area contributed by atoms with Crippen LogP contribution in [-0.4, -0.2) is 38.5 Å². The number of rotatable bonds is 1. The summed E-state index contributed by atoms with van der Waals surface area (Å²) in [4.78, 5) is 29.8. The molecule has 3 aromatic rings. The van der Waals surface area contributed by atoms with Crippen LogP contribution in [0.2, 0.25) is 0 Å². The van der Waals surface area contributed by atoms with Gasteiger partial charge < -0.3 is 9.88 Å². The van der Waals surface area contributed by atoms with Gasteiger partial charge in [-0.3, -0.25) is 9.59 Å². The summed E-state index contributed by atoms with van der Waals surface area (Å²) in [5.41, 5.74) is 1.46. The lowest BCUT2D eigenvalue weighted by Gasteiger charge is -2.19. The molecule has 6 nitrogen and oxygen atoms in total. The summed E-state index contributed by atoms with van der Waals surface area (Å²) in [5.74, 6) is -0.0483. The normalized spacial score (nSPS) is 15.9. The van der Waals surface area contributed by atoms with Crippen molar-refractivity contribution in [3.63, 3.8) is 0 Å². The molecule has 1 N–H and O–H groups in total.